The number of amides is 1. The van der Waals surface area contributed by atoms with Gasteiger partial charge in [0.15, 0.2) is 0 Å². The summed E-state index contributed by atoms with van der Waals surface area (Å²) >= 11 is 0. The van der Waals surface area contributed by atoms with Crippen LogP contribution in [0.15, 0.2) is 79.0 Å². The summed E-state index contributed by atoms with van der Waals surface area (Å²) in [4.78, 5) is 19.0. The molecular weight excluding hydrogens is 497 g/mol. The molecule has 4 aromatic rings. The van der Waals surface area contributed by atoms with Crippen LogP contribution < -0.4 is 20.1 Å². The molecule has 8 nitrogen and oxygen atoms in total. The molecule has 0 radical (unpaired) electrons. The first-order valence-electron chi connectivity index (χ1n) is 12.3. The highest BCUT2D eigenvalue weighted by Gasteiger charge is 2.15. The zero-order valence-electron chi connectivity index (χ0n) is 21.9. The molecule has 2 N–H and O–H groups in total. The maximum atomic E-state index is 13.2. The van der Waals surface area contributed by atoms with E-state index in [9.17, 15) is 14.4 Å². The highest BCUT2D eigenvalue weighted by molar-refractivity contribution is 6.04. The van der Waals surface area contributed by atoms with Gasteiger partial charge in [-0.15, -0.1) is 0 Å². The van der Waals surface area contributed by atoms with E-state index in [4.69, 9.17) is 9.47 Å². The minimum absolute atomic E-state index is 0.298. The van der Waals surface area contributed by atoms with Crippen LogP contribution in [-0.4, -0.2) is 43.0 Å². The van der Waals surface area contributed by atoms with Gasteiger partial charge < -0.3 is 25.0 Å². The molecule has 0 fully saturated rings. The highest BCUT2D eigenvalue weighted by Crippen LogP contribution is 2.36. The molecule has 4 rings (SSSR count). The number of nitrogens with zero attached hydrogens (tertiary/aromatic N) is 3. The number of ether oxygens (including phenoxy) is 2. The number of hydrogen-bond acceptors (Lipinski definition) is 7. The van der Waals surface area contributed by atoms with Gasteiger partial charge in [0.25, 0.3) is 0 Å². The molecule has 0 saturated carbocycles. The summed E-state index contributed by atoms with van der Waals surface area (Å²) in [7, 11) is 3.83. The van der Waals surface area contributed by atoms with Crippen molar-refractivity contribution in [3.05, 3.63) is 90.4 Å². The van der Waals surface area contributed by atoms with Gasteiger partial charge in [0, 0.05) is 36.0 Å². The maximum Gasteiger partial charge on any atom is 0.248 e. The first kappa shape index (κ1) is 27.1. The molecule has 9 heteroatoms. The normalized spacial score (nSPS) is 11.0. The van der Waals surface area contributed by atoms with Crippen molar-refractivity contribution in [2.24, 2.45) is 0 Å². The van der Waals surface area contributed by atoms with Gasteiger partial charge in [0.05, 0.1) is 29.1 Å². The number of carbonyl (C=O) groups excluding carboxylic acids is 1. The van der Waals surface area contributed by atoms with Crippen LogP contribution in [0.1, 0.15) is 12.5 Å². The molecule has 39 heavy (non-hydrogen) atoms. The molecule has 1 heterocycles. The van der Waals surface area contributed by atoms with Crippen molar-refractivity contribution in [2.45, 2.75) is 6.92 Å². The zero-order chi connectivity index (χ0) is 27.8. The second kappa shape index (κ2) is 12.5. The van der Waals surface area contributed by atoms with Crippen molar-refractivity contribution >= 4 is 33.9 Å². The Bertz CT molecular complexity index is 1530. The van der Waals surface area contributed by atoms with Crippen molar-refractivity contribution in [3.63, 3.8) is 0 Å². The molecule has 0 bridgehead atoms. The molecular formula is C30H28FN5O3. The molecule has 0 unspecified atom stereocenters. The molecule has 0 spiro atoms. The number of likely N-dealkylation sites (N-methyl/N-ethyl adjacent to an activating group) is 1. The van der Waals surface area contributed by atoms with E-state index in [0.29, 0.717) is 63.9 Å². The van der Waals surface area contributed by atoms with Crippen molar-refractivity contribution in [1.82, 2.24) is 9.88 Å². The largest absolute Gasteiger partial charge is 0.492 e. The first-order valence-corrected chi connectivity index (χ1v) is 12.3. The van der Waals surface area contributed by atoms with Gasteiger partial charge >= 0.3 is 0 Å². The van der Waals surface area contributed by atoms with Crippen LogP contribution in [-0.2, 0) is 4.79 Å². The molecule has 0 aliphatic carbocycles. The molecule has 3 aromatic carbocycles. The summed E-state index contributed by atoms with van der Waals surface area (Å²) in [6.45, 7) is 2.88. The third-order valence-electron chi connectivity index (χ3n) is 5.56. The predicted octanol–water partition coefficient (Wildman–Crippen LogP) is 6.24. The van der Waals surface area contributed by atoms with Crippen molar-refractivity contribution < 1.29 is 18.7 Å². The minimum atomic E-state index is -0.336. The number of benzene rings is 3. The third kappa shape index (κ3) is 7.09. The Morgan fingerprint density at radius 2 is 1.79 bits per heavy atom. The second-order valence-electron chi connectivity index (χ2n) is 8.82. The van der Waals surface area contributed by atoms with Crippen LogP contribution in [0.5, 0.6) is 17.2 Å². The lowest BCUT2D eigenvalue weighted by Crippen LogP contribution is -2.13. The maximum absolute atomic E-state index is 13.2. The SMILES string of the molecule is CCOc1cc2ncc(C#N)c(Nc3ccc(Oc4ccc(F)cc4)cc3)c2cc1NC(=O)C=CCN(C)C. The van der Waals surface area contributed by atoms with Gasteiger partial charge in [-0.25, -0.2) is 4.39 Å². The summed E-state index contributed by atoms with van der Waals surface area (Å²) in [6.07, 6.45) is 4.73. The van der Waals surface area contributed by atoms with E-state index in [0.717, 1.165) is 0 Å². The van der Waals surface area contributed by atoms with Crippen LogP contribution in [0, 0.1) is 17.1 Å². The Kier molecular flexibility index (Phi) is 8.71. The number of fused-ring (bicyclic) bond motifs is 1. The summed E-state index contributed by atoms with van der Waals surface area (Å²) in [5.74, 6) is 0.926. The quantitative estimate of drug-likeness (QED) is 0.237. The number of hydrogen-bond donors (Lipinski definition) is 2. The fourth-order valence-electron chi connectivity index (χ4n) is 3.75. The average molecular weight is 526 g/mol. The van der Waals surface area contributed by atoms with Crippen LogP contribution in [0.4, 0.5) is 21.5 Å². The lowest BCUT2D eigenvalue weighted by atomic mass is 10.1. The zero-order valence-corrected chi connectivity index (χ0v) is 21.9. The van der Waals surface area contributed by atoms with E-state index >= 15 is 0 Å². The van der Waals surface area contributed by atoms with E-state index in [1.807, 2.05) is 25.9 Å². The van der Waals surface area contributed by atoms with Gasteiger partial charge in [0.2, 0.25) is 5.91 Å². The van der Waals surface area contributed by atoms with Crippen LogP contribution in [0.3, 0.4) is 0 Å². The molecule has 198 valence electrons. The van der Waals surface area contributed by atoms with Gasteiger partial charge in [-0.3, -0.25) is 9.78 Å². The highest BCUT2D eigenvalue weighted by atomic mass is 19.1. The Morgan fingerprint density at radius 1 is 1.10 bits per heavy atom. The summed E-state index contributed by atoms with van der Waals surface area (Å²) in [6, 6.07) is 18.6. The lowest BCUT2D eigenvalue weighted by molar-refractivity contribution is -0.111. The number of anilines is 3. The topological polar surface area (TPSA) is 99.5 Å². The van der Waals surface area contributed by atoms with E-state index in [-0.39, 0.29) is 11.7 Å². The van der Waals surface area contributed by atoms with E-state index in [1.165, 1.54) is 24.4 Å². The number of halogens is 1. The number of nitriles is 1. The Hall–Kier alpha value is -4.94. The number of carbonyl (C=O) groups is 1. The summed E-state index contributed by atoms with van der Waals surface area (Å²) in [5.41, 5.74) is 2.64. The molecule has 1 amide bonds. The third-order valence-corrected chi connectivity index (χ3v) is 5.56. The van der Waals surface area contributed by atoms with Gasteiger partial charge in [0.1, 0.15) is 29.1 Å². The van der Waals surface area contributed by atoms with Gasteiger partial charge in [-0.1, -0.05) is 6.08 Å². The van der Waals surface area contributed by atoms with E-state index < -0.39 is 0 Å². The molecule has 1 aromatic heterocycles. The Balaban J connectivity index is 1.64. The second-order valence-corrected chi connectivity index (χ2v) is 8.82. The smallest absolute Gasteiger partial charge is 0.248 e. The van der Waals surface area contributed by atoms with Gasteiger partial charge in [-0.2, -0.15) is 5.26 Å². The van der Waals surface area contributed by atoms with Crippen LogP contribution in [0.2, 0.25) is 0 Å². The van der Waals surface area contributed by atoms with Crippen LogP contribution >= 0.6 is 0 Å². The fraction of sp³-hybridized carbons (Fsp3) is 0.167. The summed E-state index contributed by atoms with van der Waals surface area (Å²) in [5, 5.41) is 16.6. The van der Waals surface area contributed by atoms with E-state index in [2.05, 4.69) is 21.7 Å². The molecule has 0 saturated heterocycles. The molecule has 0 atom stereocenters. The van der Waals surface area contributed by atoms with Crippen LogP contribution in [0.25, 0.3) is 10.9 Å². The van der Waals surface area contributed by atoms with Crippen molar-refractivity contribution in [2.75, 3.05) is 37.9 Å². The summed E-state index contributed by atoms with van der Waals surface area (Å²) < 4.78 is 24.7. The monoisotopic (exact) mass is 525 g/mol. The Labute approximate surface area is 226 Å². The standard InChI is InChI=1S/C30H28FN5O3/c1-4-38-28-17-26-25(16-27(28)35-29(37)6-5-15-36(2)3)30(20(18-32)19-33-26)34-22-9-13-24(14-10-22)39-23-11-7-21(31)8-12-23/h5-14,16-17,19H,4,15H2,1-3H3,(H,33,34)(H,35,37). The van der Waals surface area contributed by atoms with Gasteiger partial charge in [-0.05, 0) is 75.6 Å². The van der Waals surface area contributed by atoms with E-state index in [1.54, 1.807) is 54.6 Å². The number of aromatic nitrogens is 1. The minimum Gasteiger partial charge on any atom is -0.492 e. The van der Waals surface area contributed by atoms with Crippen molar-refractivity contribution in [1.29, 1.82) is 5.26 Å². The molecule has 0 aliphatic rings. The Morgan fingerprint density at radius 3 is 2.44 bits per heavy atom. The number of rotatable bonds is 10. The fourth-order valence-corrected chi connectivity index (χ4v) is 3.75. The number of pyridine rings is 1. The molecule has 0 aliphatic heterocycles. The first-order chi connectivity index (χ1) is 18.9. The average Bonchev–Trinajstić information content (AvgIpc) is 2.91. The van der Waals surface area contributed by atoms with Crippen molar-refractivity contribution in [3.8, 4) is 23.3 Å². The number of nitrogens with one attached hydrogen (secondary N) is 2. The predicted molar refractivity (Wildman–Crippen MR) is 150 cm³/mol. The lowest BCUT2D eigenvalue weighted by Gasteiger charge is -2.16.